The third-order valence-electron chi connectivity index (χ3n) is 6.13. The van der Waals surface area contributed by atoms with Crippen molar-refractivity contribution in [2.24, 2.45) is 0 Å². The molecule has 4 aromatic rings. The molecule has 1 atom stereocenters. The fourth-order valence-corrected chi connectivity index (χ4v) is 4.13. The number of aromatic nitrogens is 1. The number of rotatable bonds is 7. The number of hydrogen-bond donors (Lipinski definition) is 3. The largest absolute Gasteiger partial charge is 0.573 e. The number of benzene rings is 3. The lowest BCUT2D eigenvalue weighted by molar-refractivity contribution is -0.274. The molecule has 3 N–H and O–H groups in total. The minimum absolute atomic E-state index is 0.204. The third-order valence-corrected chi connectivity index (χ3v) is 6.13. The minimum atomic E-state index is -5.03. The normalized spacial score (nSPS) is 12.7. The molecule has 0 saturated heterocycles. The molecule has 1 heterocycles. The Morgan fingerprint density at radius 1 is 1.00 bits per heavy atom. The van der Waals surface area contributed by atoms with Crippen LogP contribution in [-0.4, -0.2) is 47.6 Å². The Labute approximate surface area is 227 Å². The van der Waals surface area contributed by atoms with Crippen molar-refractivity contribution < 1.29 is 37.3 Å². The lowest BCUT2D eigenvalue weighted by Gasteiger charge is -2.29. The van der Waals surface area contributed by atoms with Gasteiger partial charge in [-0.15, -0.1) is 13.2 Å². The summed E-state index contributed by atoms with van der Waals surface area (Å²) in [5.74, 6) is 3.57. The molecule has 0 bridgehead atoms. The molecule has 0 aliphatic rings. The molecule has 1 aromatic heterocycles. The van der Waals surface area contributed by atoms with E-state index in [1.807, 2.05) is 24.3 Å². The maximum atomic E-state index is 13.3. The third kappa shape index (κ3) is 6.81. The summed E-state index contributed by atoms with van der Waals surface area (Å²) >= 11 is 0. The first-order chi connectivity index (χ1) is 19.0. The monoisotopic (exact) mass is 550 g/mol. The van der Waals surface area contributed by atoms with Crippen molar-refractivity contribution in [1.82, 2.24) is 10.3 Å². The second-order valence-corrected chi connectivity index (χ2v) is 9.29. The Morgan fingerprint density at radius 2 is 1.68 bits per heavy atom. The number of esters is 1. The van der Waals surface area contributed by atoms with E-state index < -0.39 is 41.7 Å². The van der Waals surface area contributed by atoms with Crippen LogP contribution in [0.4, 0.5) is 13.2 Å². The van der Waals surface area contributed by atoms with Gasteiger partial charge in [-0.1, -0.05) is 30.0 Å². The molecule has 1 amide bonds. The number of aliphatic hydroxyl groups is 1. The number of alkyl halides is 3. The first-order valence-corrected chi connectivity index (χ1v) is 12.1. The standard InChI is InChI=1S/C30H25F3N2O5/c1-29(18-36,16-22-17-34-25-6-4-3-5-23(22)25)35-27(37)24-15-20(11-14-26(24)40-30(31,32)33)8-7-19-9-12-21(13-10-19)28(38)39-2/h3-6,9-15,17,34,36H,16,18H2,1-2H3,(H,35,37). The molecule has 3 aromatic carbocycles. The quantitative estimate of drug-likeness (QED) is 0.223. The van der Waals surface area contributed by atoms with Crippen LogP contribution < -0.4 is 10.1 Å². The van der Waals surface area contributed by atoms with Crippen molar-refractivity contribution in [2.45, 2.75) is 25.2 Å². The van der Waals surface area contributed by atoms with Gasteiger partial charge in [0.15, 0.2) is 0 Å². The molecule has 0 saturated carbocycles. The summed E-state index contributed by atoms with van der Waals surface area (Å²) in [4.78, 5) is 28.0. The second-order valence-electron chi connectivity index (χ2n) is 9.29. The molecule has 0 spiro atoms. The number of H-pyrrole nitrogens is 1. The lowest BCUT2D eigenvalue weighted by atomic mass is 9.92. The molecule has 0 aliphatic carbocycles. The molecule has 206 valence electrons. The van der Waals surface area contributed by atoms with E-state index in [-0.39, 0.29) is 12.0 Å². The maximum absolute atomic E-state index is 13.3. The number of ether oxygens (including phenoxy) is 2. The zero-order valence-electron chi connectivity index (χ0n) is 21.6. The number of aliphatic hydroxyl groups excluding tert-OH is 1. The van der Waals surface area contributed by atoms with Gasteiger partial charge in [-0.25, -0.2) is 4.79 Å². The number of nitrogens with one attached hydrogen (secondary N) is 2. The summed E-state index contributed by atoms with van der Waals surface area (Å²) in [6.45, 7) is 1.12. The van der Waals surface area contributed by atoms with E-state index in [1.165, 1.54) is 31.4 Å². The van der Waals surface area contributed by atoms with Crippen LogP contribution in [0.3, 0.4) is 0 Å². The molecular weight excluding hydrogens is 525 g/mol. The number of halogens is 3. The summed E-state index contributed by atoms with van der Waals surface area (Å²) in [5, 5.41) is 13.7. The van der Waals surface area contributed by atoms with Gasteiger partial charge in [0.05, 0.1) is 30.4 Å². The summed E-state index contributed by atoms with van der Waals surface area (Å²) < 4.78 is 48.1. The van der Waals surface area contributed by atoms with Crippen molar-refractivity contribution in [3.05, 3.63) is 101 Å². The van der Waals surface area contributed by atoms with Gasteiger partial charge in [-0.2, -0.15) is 0 Å². The average molecular weight is 551 g/mol. The summed E-state index contributed by atoms with van der Waals surface area (Å²) in [6, 6.07) is 17.2. The van der Waals surface area contributed by atoms with Crippen LogP contribution in [0.1, 0.15) is 44.3 Å². The summed E-state index contributed by atoms with van der Waals surface area (Å²) in [6.07, 6.45) is -3.07. The van der Waals surface area contributed by atoms with Crippen LogP contribution >= 0.6 is 0 Å². The first kappa shape index (κ1) is 28.3. The Morgan fingerprint density at radius 3 is 2.35 bits per heavy atom. The molecule has 1 unspecified atom stereocenters. The van der Waals surface area contributed by atoms with Crippen LogP contribution in [0.25, 0.3) is 10.9 Å². The number of hydrogen-bond acceptors (Lipinski definition) is 5. The molecule has 0 radical (unpaired) electrons. The fraction of sp³-hybridized carbons (Fsp3) is 0.200. The van der Waals surface area contributed by atoms with Crippen molar-refractivity contribution >= 4 is 22.8 Å². The van der Waals surface area contributed by atoms with E-state index in [0.717, 1.165) is 22.5 Å². The number of carbonyl (C=O) groups is 2. The SMILES string of the molecule is COC(=O)c1ccc(C#Cc2ccc(OC(F)(F)F)c(C(=O)NC(C)(CO)Cc3c[nH]c4ccccc34)c2)cc1. The molecule has 4 rings (SSSR count). The lowest BCUT2D eigenvalue weighted by Crippen LogP contribution is -2.50. The van der Waals surface area contributed by atoms with Crippen LogP contribution in [0.2, 0.25) is 0 Å². The highest BCUT2D eigenvalue weighted by molar-refractivity contribution is 5.98. The fourth-order valence-electron chi connectivity index (χ4n) is 4.13. The molecule has 0 fully saturated rings. The molecule has 0 aliphatic heterocycles. The predicted molar refractivity (Wildman–Crippen MR) is 142 cm³/mol. The topological polar surface area (TPSA) is 101 Å². The highest BCUT2D eigenvalue weighted by Crippen LogP contribution is 2.29. The van der Waals surface area contributed by atoms with Crippen LogP contribution in [0.15, 0.2) is 72.9 Å². The highest BCUT2D eigenvalue weighted by Gasteiger charge is 2.34. The number of amides is 1. The molecule has 10 heteroatoms. The zero-order chi connectivity index (χ0) is 28.9. The Balaban J connectivity index is 1.62. The minimum Gasteiger partial charge on any atom is -0.465 e. The van der Waals surface area contributed by atoms with E-state index >= 15 is 0 Å². The number of methoxy groups -OCH3 is 1. The van der Waals surface area contributed by atoms with Crippen molar-refractivity contribution in [1.29, 1.82) is 0 Å². The number of para-hydroxylation sites is 1. The van der Waals surface area contributed by atoms with Crippen molar-refractivity contribution in [2.75, 3.05) is 13.7 Å². The van der Waals surface area contributed by atoms with E-state index in [0.29, 0.717) is 11.1 Å². The average Bonchev–Trinajstić information content (AvgIpc) is 3.33. The smallest absolute Gasteiger partial charge is 0.465 e. The van der Waals surface area contributed by atoms with Gasteiger partial charge in [0.1, 0.15) is 5.75 Å². The molecular formula is C30H25F3N2O5. The Bertz CT molecular complexity index is 1600. The van der Waals surface area contributed by atoms with Crippen LogP contribution in [-0.2, 0) is 11.2 Å². The van der Waals surface area contributed by atoms with Gasteiger partial charge < -0.3 is 24.9 Å². The van der Waals surface area contributed by atoms with Gasteiger partial charge in [0.2, 0.25) is 0 Å². The number of carbonyl (C=O) groups excluding carboxylic acids is 2. The van der Waals surface area contributed by atoms with Gasteiger partial charge in [0.25, 0.3) is 5.91 Å². The molecule has 40 heavy (non-hydrogen) atoms. The van der Waals surface area contributed by atoms with E-state index in [2.05, 4.69) is 31.6 Å². The zero-order valence-corrected chi connectivity index (χ0v) is 21.6. The molecule has 7 nitrogen and oxygen atoms in total. The van der Waals surface area contributed by atoms with Crippen LogP contribution in [0, 0.1) is 11.8 Å². The predicted octanol–water partition coefficient (Wildman–Crippen LogP) is 4.98. The summed E-state index contributed by atoms with van der Waals surface area (Å²) in [5.41, 5.74) is 1.19. The van der Waals surface area contributed by atoms with Gasteiger partial charge in [-0.05, 0) is 67.4 Å². The maximum Gasteiger partial charge on any atom is 0.573 e. The van der Waals surface area contributed by atoms with Gasteiger partial charge in [0, 0.05) is 28.2 Å². The number of fused-ring (bicyclic) bond motifs is 1. The van der Waals surface area contributed by atoms with E-state index in [1.54, 1.807) is 25.3 Å². The van der Waals surface area contributed by atoms with Crippen molar-refractivity contribution in [3.63, 3.8) is 0 Å². The Hall–Kier alpha value is -4.75. The van der Waals surface area contributed by atoms with Crippen LogP contribution in [0.5, 0.6) is 5.75 Å². The van der Waals surface area contributed by atoms with Crippen molar-refractivity contribution in [3.8, 4) is 17.6 Å². The highest BCUT2D eigenvalue weighted by atomic mass is 19.4. The van der Waals surface area contributed by atoms with E-state index in [9.17, 15) is 27.9 Å². The Kier molecular flexibility index (Phi) is 8.16. The van der Waals surface area contributed by atoms with Gasteiger partial charge in [-0.3, -0.25) is 4.79 Å². The first-order valence-electron chi connectivity index (χ1n) is 12.1. The van der Waals surface area contributed by atoms with Gasteiger partial charge >= 0.3 is 12.3 Å². The second kappa shape index (κ2) is 11.6. The number of aromatic amines is 1. The summed E-state index contributed by atoms with van der Waals surface area (Å²) in [7, 11) is 1.27. The van der Waals surface area contributed by atoms with E-state index in [4.69, 9.17) is 0 Å².